The highest BCUT2D eigenvalue weighted by molar-refractivity contribution is 7.10. The van der Waals surface area contributed by atoms with Crippen LogP contribution >= 0.6 is 11.3 Å². The van der Waals surface area contributed by atoms with Crippen molar-refractivity contribution in [3.8, 4) is 0 Å². The molecule has 0 spiro atoms. The van der Waals surface area contributed by atoms with Gasteiger partial charge in [0.2, 0.25) is 0 Å². The van der Waals surface area contributed by atoms with Crippen LogP contribution in [0.5, 0.6) is 0 Å². The zero-order valence-electron chi connectivity index (χ0n) is 11.4. The van der Waals surface area contributed by atoms with Crippen molar-refractivity contribution in [3.63, 3.8) is 0 Å². The van der Waals surface area contributed by atoms with Crippen LogP contribution < -0.4 is 5.32 Å². The van der Waals surface area contributed by atoms with Crippen molar-refractivity contribution in [2.75, 3.05) is 20.2 Å². The van der Waals surface area contributed by atoms with Crippen LogP contribution in [0, 0.1) is 0 Å². The van der Waals surface area contributed by atoms with Gasteiger partial charge in [-0.05, 0) is 30.7 Å². The number of nitrogens with one attached hydrogen (secondary N) is 1. The summed E-state index contributed by atoms with van der Waals surface area (Å²) in [6, 6.07) is 2.02. The first-order valence-electron chi connectivity index (χ1n) is 6.45. The number of nitrogens with zero attached hydrogens (tertiary/aromatic N) is 1. The third kappa shape index (κ3) is 5.18. The van der Waals surface area contributed by atoms with Crippen molar-refractivity contribution in [1.82, 2.24) is 10.2 Å². The number of amides is 2. The monoisotopic (exact) mass is 300 g/mol. The third-order valence-electron chi connectivity index (χ3n) is 2.84. The Balaban J connectivity index is 2.48. The molecular weight excluding hydrogens is 280 g/mol. The number of unbranched alkanes of at least 4 members (excludes halogenated alkanes) is 2. The Labute approximate surface area is 122 Å². The molecule has 112 valence electrons. The summed E-state index contributed by atoms with van der Waals surface area (Å²) in [5.41, 5.74) is 0. The molecule has 1 atom stereocenters. The largest absolute Gasteiger partial charge is 0.479 e. The average Bonchev–Trinajstić information content (AvgIpc) is 2.93. The number of aliphatic hydroxyl groups excluding tert-OH is 1. The molecular formula is C13H20N2O4S. The van der Waals surface area contributed by atoms with Crippen LogP contribution in [0.2, 0.25) is 0 Å². The first kappa shape index (κ1) is 16.5. The number of hydrogen-bond donors (Lipinski definition) is 3. The fourth-order valence-electron chi connectivity index (χ4n) is 1.68. The lowest BCUT2D eigenvalue weighted by Gasteiger charge is -2.20. The van der Waals surface area contributed by atoms with Gasteiger partial charge in [0.05, 0.1) is 0 Å². The van der Waals surface area contributed by atoms with E-state index in [-0.39, 0.29) is 6.61 Å². The predicted molar refractivity (Wildman–Crippen MR) is 76.8 cm³/mol. The molecule has 0 aromatic carbocycles. The van der Waals surface area contributed by atoms with Gasteiger partial charge in [-0.15, -0.1) is 11.3 Å². The maximum Gasteiger partial charge on any atom is 0.331 e. The number of carbonyl (C=O) groups excluding carboxylic acids is 1. The number of thiophene rings is 1. The Hall–Kier alpha value is -1.60. The second-order valence-electron chi connectivity index (χ2n) is 4.44. The standard InChI is InChI=1S/C13H20N2O4S/c1-15(7-3-2-4-8-16)13(19)14-11(12(17)18)10-6-5-9-20-10/h5-6,9,11,16H,2-4,7-8H2,1H3,(H,14,19)(H,17,18). The van der Waals surface area contributed by atoms with Crippen molar-refractivity contribution >= 4 is 23.3 Å². The van der Waals surface area contributed by atoms with Crippen molar-refractivity contribution < 1.29 is 19.8 Å². The molecule has 0 aliphatic carbocycles. The summed E-state index contributed by atoms with van der Waals surface area (Å²) in [4.78, 5) is 25.2. The number of carbonyl (C=O) groups is 2. The van der Waals surface area contributed by atoms with E-state index in [1.165, 1.54) is 16.2 Å². The summed E-state index contributed by atoms with van der Waals surface area (Å²) < 4.78 is 0. The van der Waals surface area contributed by atoms with Gasteiger partial charge in [-0.25, -0.2) is 9.59 Å². The Morgan fingerprint density at radius 1 is 1.40 bits per heavy atom. The summed E-state index contributed by atoms with van der Waals surface area (Å²) in [7, 11) is 1.63. The van der Waals surface area contributed by atoms with Crippen molar-refractivity contribution in [1.29, 1.82) is 0 Å². The molecule has 0 fully saturated rings. The van der Waals surface area contributed by atoms with Crippen LogP contribution in [0.1, 0.15) is 30.2 Å². The maximum atomic E-state index is 11.9. The van der Waals surface area contributed by atoms with E-state index in [2.05, 4.69) is 5.32 Å². The van der Waals surface area contributed by atoms with Crippen LogP contribution in [0.25, 0.3) is 0 Å². The smallest absolute Gasteiger partial charge is 0.331 e. The minimum atomic E-state index is -1.07. The summed E-state index contributed by atoms with van der Waals surface area (Å²) in [6.07, 6.45) is 2.32. The Kier molecular flexibility index (Phi) is 7.03. The van der Waals surface area contributed by atoms with Crippen LogP contribution in [-0.2, 0) is 4.79 Å². The lowest BCUT2D eigenvalue weighted by Crippen LogP contribution is -2.42. The van der Waals surface area contributed by atoms with Crippen LogP contribution in [0.15, 0.2) is 17.5 Å². The number of carboxylic acid groups (broad SMARTS) is 1. The molecule has 0 saturated heterocycles. The van der Waals surface area contributed by atoms with Crippen molar-refractivity contribution in [3.05, 3.63) is 22.4 Å². The fourth-order valence-corrected chi connectivity index (χ4v) is 2.45. The van der Waals surface area contributed by atoms with Crippen molar-refractivity contribution in [2.24, 2.45) is 0 Å². The van der Waals surface area contributed by atoms with E-state index in [4.69, 9.17) is 10.2 Å². The van der Waals surface area contributed by atoms with E-state index in [1.807, 2.05) is 0 Å². The van der Waals surface area contributed by atoms with Gasteiger partial charge in [0, 0.05) is 25.1 Å². The second-order valence-corrected chi connectivity index (χ2v) is 5.42. The molecule has 1 aromatic heterocycles. The SMILES string of the molecule is CN(CCCCCO)C(=O)NC(C(=O)O)c1cccs1. The predicted octanol–water partition coefficient (Wildman–Crippen LogP) is 1.68. The Bertz CT molecular complexity index is 422. The van der Waals surface area contributed by atoms with E-state index in [0.29, 0.717) is 17.8 Å². The Morgan fingerprint density at radius 3 is 2.70 bits per heavy atom. The van der Waals surface area contributed by atoms with E-state index in [9.17, 15) is 9.59 Å². The molecule has 0 radical (unpaired) electrons. The number of hydrogen-bond acceptors (Lipinski definition) is 4. The minimum absolute atomic E-state index is 0.148. The number of urea groups is 1. The number of aliphatic carboxylic acids is 1. The molecule has 6 nitrogen and oxygen atoms in total. The number of carboxylic acids is 1. The van der Waals surface area contributed by atoms with Gasteiger partial charge in [-0.2, -0.15) is 0 Å². The van der Waals surface area contributed by atoms with Gasteiger partial charge in [-0.1, -0.05) is 6.07 Å². The molecule has 1 heterocycles. The number of rotatable bonds is 8. The number of aliphatic hydroxyl groups is 1. The molecule has 1 unspecified atom stereocenters. The molecule has 1 rings (SSSR count). The molecule has 0 aliphatic heterocycles. The lowest BCUT2D eigenvalue weighted by atomic mass is 10.2. The van der Waals surface area contributed by atoms with E-state index in [1.54, 1.807) is 24.6 Å². The zero-order valence-corrected chi connectivity index (χ0v) is 12.2. The first-order chi connectivity index (χ1) is 9.56. The second kappa shape index (κ2) is 8.55. The minimum Gasteiger partial charge on any atom is -0.479 e. The normalized spacial score (nSPS) is 11.9. The summed E-state index contributed by atoms with van der Waals surface area (Å²) in [6.45, 7) is 0.679. The highest BCUT2D eigenvalue weighted by atomic mass is 32.1. The molecule has 0 saturated carbocycles. The average molecular weight is 300 g/mol. The lowest BCUT2D eigenvalue weighted by molar-refractivity contribution is -0.139. The van der Waals surface area contributed by atoms with Gasteiger partial charge in [0.1, 0.15) is 0 Å². The topological polar surface area (TPSA) is 89.9 Å². The molecule has 7 heteroatoms. The van der Waals surface area contributed by atoms with E-state index < -0.39 is 18.0 Å². The zero-order chi connectivity index (χ0) is 15.0. The van der Waals surface area contributed by atoms with Gasteiger partial charge in [0.15, 0.2) is 6.04 Å². The van der Waals surface area contributed by atoms with Crippen LogP contribution in [-0.4, -0.2) is 47.3 Å². The maximum absolute atomic E-state index is 11.9. The highest BCUT2D eigenvalue weighted by Gasteiger charge is 2.24. The first-order valence-corrected chi connectivity index (χ1v) is 7.33. The fraction of sp³-hybridized carbons (Fsp3) is 0.538. The highest BCUT2D eigenvalue weighted by Crippen LogP contribution is 2.19. The van der Waals surface area contributed by atoms with Gasteiger partial charge in [0.25, 0.3) is 0 Å². The van der Waals surface area contributed by atoms with E-state index >= 15 is 0 Å². The molecule has 0 aliphatic rings. The van der Waals surface area contributed by atoms with Gasteiger partial charge in [-0.3, -0.25) is 0 Å². The quantitative estimate of drug-likeness (QED) is 0.637. The molecule has 20 heavy (non-hydrogen) atoms. The molecule has 1 aromatic rings. The van der Waals surface area contributed by atoms with Crippen LogP contribution in [0.4, 0.5) is 4.79 Å². The van der Waals surface area contributed by atoms with Crippen LogP contribution in [0.3, 0.4) is 0 Å². The Morgan fingerprint density at radius 2 is 2.15 bits per heavy atom. The van der Waals surface area contributed by atoms with Gasteiger partial charge < -0.3 is 20.4 Å². The molecule has 0 bridgehead atoms. The summed E-state index contributed by atoms with van der Waals surface area (Å²) in [5.74, 6) is -1.07. The van der Waals surface area contributed by atoms with Gasteiger partial charge >= 0.3 is 12.0 Å². The van der Waals surface area contributed by atoms with Crippen molar-refractivity contribution in [2.45, 2.75) is 25.3 Å². The summed E-state index contributed by atoms with van der Waals surface area (Å²) in [5, 5.41) is 22.1. The van der Waals surface area contributed by atoms with E-state index in [0.717, 1.165) is 12.8 Å². The third-order valence-corrected chi connectivity index (χ3v) is 3.78. The molecule has 3 N–H and O–H groups in total. The summed E-state index contributed by atoms with van der Waals surface area (Å²) >= 11 is 1.30. The molecule has 2 amide bonds.